The third-order valence-corrected chi connectivity index (χ3v) is 6.22. The molecule has 0 saturated carbocycles. The smallest absolute Gasteiger partial charge is 0.247 e. The van der Waals surface area contributed by atoms with E-state index in [-0.39, 0.29) is 18.2 Å². The van der Waals surface area contributed by atoms with Gasteiger partial charge in [-0.3, -0.25) is 14.5 Å². The van der Waals surface area contributed by atoms with Crippen LogP contribution in [0.15, 0.2) is 91.0 Å². The maximum Gasteiger partial charge on any atom is 0.247 e. The Hall–Kier alpha value is -3.48. The van der Waals surface area contributed by atoms with E-state index in [0.717, 1.165) is 49.5 Å². The van der Waals surface area contributed by atoms with Crippen LogP contribution in [0.25, 0.3) is 0 Å². The van der Waals surface area contributed by atoms with Crippen molar-refractivity contribution in [3.8, 4) is 0 Å². The van der Waals surface area contributed by atoms with Gasteiger partial charge in [0.15, 0.2) is 0 Å². The number of carbonyl (C=O) groups is 2. The molecule has 0 spiro atoms. The highest BCUT2D eigenvalue weighted by molar-refractivity contribution is 5.89. The quantitative estimate of drug-likeness (QED) is 0.492. The van der Waals surface area contributed by atoms with Gasteiger partial charge in [-0.05, 0) is 16.7 Å². The second-order valence-electron chi connectivity index (χ2n) is 8.73. The largest absolute Gasteiger partial charge is 0.379 e. The average Bonchev–Trinajstić information content (AvgIpc) is 2.91. The molecule has 1 saturated heterocycles. The number of morpholine rings is 1. The summed E-state index contributed by atoms with van der Waals surface area (Å²) in [5, 5.41) is 3.10. The highest BCUT2D eigenvalue weighted by Gasteiger charge is 2.31. The highest BCUT2D eigenvalue weighted by atomic mass is 16.5. The second kappa shape index (κ2) is 12.8. The zero-order valence-corrected chi connectivity index (χ0v) is 20.0. The number of hydrogen-bond acceptors (Lipinski definition) is 4. The van der Waals surface area contributed by atoms with Gasteiger partial charge in [-0.1, -0.05) is 91.0 Å². The van der Waals surface area contributed by atoms with Crippen molar-refractivity contribution in [1.29, 1.82) is 0 Å². The molecule has 0 bridgehead atoms. The predicted octanol–water partition coefficient (Wildman–Crippen LogP) is 3.45. The van der Waals surface area contributed by atoms with Crippen LogP contribution >= 0.6 is 0 Å². The van der Waals surface area contributed by atoms with Crippen LogP contribution in [0.2, 0.25) is 0 Å². The molecular weight excluding hydrogens is 438 g/mol. The molecule has 182 valence electrons. The number of ether oxygens (including phenoxy) is 1. The summed E-state index contributed by atoms with van der Waals surface area (Å²) >= 11 is 0. The summed E-state index contributed by atoms with van der Waals surface area (Å²) < 4.78 is 5.41. The van der Waals surface area contributed by atoms with E-state index >= 15 is 0 Å². The van der Waals surface area contributed by atoms with E-state index in [1.54, 1.807) is 4.90 Å². The summed E-state index contributed by atoms with van der Waals surface area (Å²) in [6.45, 7) is 4.81. The van der Waals surface area contributed by atoms with Gasteiger partial charge in [-0.15, -0.1) is 0 Å². The van der Waals surface area contributed by atoms with E-state index in [9.17, 15) is 9.59 Å². The molecule has 1 atom stereocenters. The van der Waals surface area contributed by atoms with Crippen LogP contribution in [0, 0.1) is 0 Å². The minimum atomic E-state index is -0.725. The van der Waals surface area contributed by atoms with Crippen LogP contribution in [0.5, 0.6) is 0 Å². The molecule has 0 radical (unpaired) electrons. The molecule has 1 aliphatic rings. The molecule has 6 heteroatoms. The zero-order valence-electron chi connectivity index (χ0n) is 20.0. The maximum absolute atomic E-state index is 13.7. The van der Waals surface area contributed by atoms with E-state index in [1.165, 1.54) is 0 Å². The number of nitrogens with one attached hydrogen (secondary N) is 1. The lowest BCUT2D eigenvalue weighted by Crippen LogP contribution is -2.46. The fourth-order valence-corrected chi connectivity index (χ4v) is 4.34. The van der Waals surface area contributed by atoms with Crippen LogP contribution in [0.3, 0.4) is 0 Å². The summed E-state index contributed by atoms with van der Waals surface area (Å²) in [6, 6.07) is 28.4. The predicted molar refractivity (Wildman–Crippen MR) is 137 cm³/mol. The number of benzene rings is 3. The van der Waals surface area contributed by atoms with Gasteiger partial charge in [0.2, 0.25) is 11.8 Å². The van der Waals surface area contributed by atoms with Crippen molar-refractivity contribution in [2.24, 2.45) is 0 Å². The van der Waals surface area contributed by atoms with Crippen LogP contribution in [0.4, 0.5) is 0 Å². The van der Waals surface area contributed by atoms with Gasteiger partial charge in [0.05, 0.1) is 19.6 Å². The summed E-state index contributed by atoms with van der Waals surface area (Å²) in [4.78, 5) is 31.3. The van der Waals surface area contributed by atoms with Crippen molar-refractivity contribution >= 4 is 11.8 Å². The number of nitrogens with zero attached hydrogens (tertiary/aromatic N) is 2. The lowest BCUT2D eigenvalue weighted by Gasteiger charge is -2.32. The van der Waals surface area contributed by atoms with Gasteiger partial charge in [0, 0.05) is 32.7 Å². The fourth-order valence-electron chi connectivity index (χ4n) is 4.34. The Labute approximate surface area is 207 Å². The van der Waals surface area contributed by atoms with Gasteiger partial charge < -0.3 is 15.0 Å². The van der Waals surface area contributed by atoms with Crippen molar-refractivity contribution in [3.05, 3.63) is 108 Å². The fraction of sp³-hybridized carbons (Fsp3) is 0.310. The second-order valence-corrected chi connectivity index (χ2v) is 8.73. The van der Waals surface area contributed by atoms with Crippen LogP contribution in [-0.4, -0.2) is 61.0 Å². The number of hydrogen-bond donors (Lipinski definition) is 1. The molecule has 3 aromatic rings. The third-order valence-electron chi connectivity index (χ3n) is 6.22. The van der Waals surface area contributed by atoms with Crippen LogP contribution in [0.1, 0.15) is 22.7 Å². The third kappa shape index (κ3) is 7.25. The van der Waals surface area contributed by atoms with E-state index < -0.39 is 6.04 Å². The Morgan fingerprint density at radius 3 is 2.03 bits per heavy atom. The van der Waals surface area contributed by atoms with Crippen molar-refractivity contribution in [1.82, 2.24) is 15.1 Å². The minimum Gasteiger partial charge on any atom is -0.379 e. The Kier molecular flexibility index (Phi) is 9.04. The lowest BCUT2D eigenvalue weighted by atomic mass is 10.0. The van der Waals surface area contributed by atoms with E-state index in [0.29, 0.717) is 13.1 Å². The standard InChI is InChI=1S/C29H33N3O3/c33-27(22-24-10-4-1-5-11-24)32(23-25-12-6-2-7-13-25)28(26-14-8-3-9-15-26)29(34)30-16-17-31-18-20-35-21-19-31/h1-15,28H,16-23H2,(H,30,34). The molecule has 35 heavy (non-hydrogen) atoms. The Bertz CT molecular complexity index is 1050. The van der Waals surface area contributed by atoms with E-state index in [4.69, 9.17) is 4.74 Å². The molecule has 1 unspecified atom stereocenters. The first kappa shape index (κ1) is 24.6. The highest BCUT2D eigenvalue weighted by Crippen LogP contribution is 2.25. The topological polar surface area (TPSA) is 61.9 Å². The van der Waals surface area contributed by atoms with Crippen molar-refractivity contribution in [3.63, 3.8) is 0 Å². The van der Waals surface area contributed by atoms with Crippen molar-refractivity contribution < 1.29 is 14.3 Å². The normalized spacial score (nSPS) is 14.7. The maximum atomic E-state index is 13.7. The Balaban J connectivity index is 1.57. The molecule has 0 aromatic heterocycles. The van der Waals surface area contributed by atoms with Crippen LogP contribution in [-0.2, 0) is 27.3 Å². The summed E-state index contributed by atoms with van der Waals surface area (Å²) in [5.41, 5.74) is 2.71. The van der Waals surface area contributed by atoms with E-state index in [1.807, 2.05) is 91.0 Å². The first-order valence-electron chi connectivity index (χ1n) is 12.2. The molecule has 1 fully saturated rings. The van der Waals surface area contributed by atoms with Gasteiger partial charge >= 0.3 is 0 Å². The molecule has 6 nitrogen and oxygen atoms in total. The Morgan fingerprint density at radius 1 is 0.829 bits per heavy atom. The molecule has 0 aliphatic carbocycles. The van der Waals surface area contributed by atoms with Gasteiger partial charge in [-0.2, -0.15) is 0 Å². The van der Waals surface area contributed by atoms with Gasteiger partial charge in [0.25, 0.3) is 0 Å². The zero-order chi connectivity index (χ0) is 24.3. The minimum absolute atomic E-state index is 0.0859. The SMILES string of the molecule is O=C(NCCN1CCOCC1)C(c1ccccc1)N(Cc1ccccc1)C(=O)Cc1ccccc1. The number of rotatable bonds is 10. The average molecular weight is 472 g/mol. The van der Waals surface area contributed by atoms with Crippen LogP contribution < -0.4 is 5.32 Å². The summed E-state index contributed by atoms with van der Waals surface area (Å²) in [6.07, 6.45) is 0.234. The molecule has 1 heterocycles. The number of amides is 2. The lowest BCUT2D eigenvalue weighted by molar-refractivity contribution is -0.141. The van der Waals surface area contributed by atoms with Crippen molar-refractivity contribution in [2.45, 2.75) is 19.0 Å². The van der Waals surface area contributed by atoms with Gasteiger partial charge in [-0.25, -0.2) is 0 Å². The first-order chi connectivity index (χ1) is 17.2. The monoisotopic (exact) mass is 471 g/mol. The Morgan fingerprint density at radius 2 is 1.40 bits per heavy atom. The van der Waals surface area contributed by atoms with Gasteiger partial charge in [0.1, 0.15) is 6.04 Å². The first-order valence-corrected chi connectivity index (χ1v) is 12.2. The summed E-state index contributed by atoms with van der Waals surface area (Å²) in [7, 11) is 0. The number of carbonyl (C=O) groups excluding carboxylic acids is 2. The molecule has 2 amide bonds. The molecule has 1 aliphatic heterocycles. The summed E-state index contributed by atoms with van der Waals surface area (Å²) in [5.74, 6) is -0.251. The van der Waals surface area contributed by atoms with E-state index in [2.05, 4.69) is 10.2 Å². The molecular formula is C29H33N3O3. The van der Waals surface area contributed by atoms with Crippen molar-refractivity contribution in [2.75, 3.05) is 39.4 Å². The molecule has 3 aromatic carbocycles. The molecule has 1 N–H and O–H groups in total. The molecule has 4 rings (SSSR count).